The molecule has 0 bridgehead atoms. The monoisotopic (exact) mass is 223 g/mol. The fourth-order valence-electron chi connectivity index (χ4n) is 2.13. The molecule has 2 rings (SSSR count). The largest absolute Gasteiger partial charge is 0.465 e. The lowest BCUT2D eigenvalue weighted by atomic mass is 9.98. The first-order valence-electron chi connectivity index (χ1n) is 5.66. The highest BCUT2D eigenvalue weighted by Crippen LogP contribution is 2.26. The van der Waals surface area contributed by atoms with E-state index in [-0.39, 0.29) is 0 Å². The number of hydrogen-bond donors (Lipinski definition) is 1. The Morgan fingerprint density at radius 3 is 3.00 bits per heavy atom. The average molecular weight is 223 g/mol. The molecular weight excluding hydrogens is 206 g/mol. The van der Waals surface area contributed by atoms with Crippen molar-refractivity contribution in [2.75, 3.05) is 19.8 Å². The quantitative estimate of drug-likeness (QED) is 0.741. The molecule has 0 aromatic heterocycles. The van der Waals surface area contributed by atoms with E-state index in [1.165, 1.54) is 4.90 Å². The highest BCUT2D eigenvalue weighted by molar-refractivity contribution is 5.69. The van der Waals surface area contributed by atoms with E-state index in [9.17, 15) is 9.90 Å². The summed E-state index contributed by atoms with van der Waals surface area (Å²) in [4.78, 5) is 12.6. The van der Waals surface area contributed by atoms with Crippen LogP contribution in [-0.2, 0) is 4.74 Å². The highest BCUT2D eigenvalue weighted by atomic mass is 16.5. The van der Waals surface area contributed by atoms with E-state index in [4.69, 9.17) is 4.74 Å². The molecule has 0 aromatic rings. The minimum Gasteiger partial charge on any atom is -0.465 e. The number of carboxylic acid groups (broad SMARTS) is 1. The molecule has 2 aliphatic heterocycles. The van der Waals surface area contributed by atoms with Crippen LogP contribution < -0.4 is 0 Å². The van der Waals surface area contributed by atoms with Crippen LogP contribution in [0.25, 0.3) is 0 Å². The van der Waals surface area contributed by atoms with E-state index in [0.29, 0.717) is 19.1 Å². The smallest absolute Gasteiger partial charge is 0.411 e. The Hall–Kier alpha value is -1.29. The lowest BCUT2D eigenvalue weighted by Gasteiger charge is -2.32. The molecule has 0 spiro atoms. The van der Waals surface area contributed by atoms with E-state index >= 15 is 0 Å². The number of allylic oxidation sites excluding steroid dienone is 1. The third-order valence-corrected chi connectivity index (χ3v) is 2.97. The van der Waals surface area contributed by atoms with E-state index in [0.717, 1.165) is 30.7 Å². The molecule has 4 heteroatoms. The predicted octanol–water partition coefficient (Wildman–Crippen LogP) is 2.24. The normalized spacial score (nSPS) is 26.1. The summed E-state index contributed by atoms with van der Waals surface area (Å²) < 4.78 is 5.36. The molecule has 0 fully saturated rings. The number of carbonyl (C=O) groups is 1. The number of rotatable bonds is 1. The topological polar surface area (TPSA) is 49.8 Å². The van der Waals surface area contributed by atoms with Crippen molar-refractivity contribution in [3.63, 3.8) is 0 Å². The molecule has 16 heavy (non-hydrogen) atoms. The first kappa shape index (κ1) is 11.2. The number of hydrogen-bond acceptors (Lipinski definition) is 2. The Morgan fingerprint density at radius 2 is 2.38 bits per heavy atom. The molecule has 1 amide bonds. The van der Waals surface area contributed by atoms with Crippen LogP contribution in [0.1, 0.15) is 19.8 Å². The van der Waals surface area contributed by atoms with E-state index in [2.05, 4.69) is 13.0 Å². The predicted molar refractivity (Wildman–Crippen MR) is 60.1 cm³/mol. The van der Waals surface area contributed by atoms with Gasteiger partial charge in [-0.3, -0.25) is 4.90 Å². The van der Waals surface area contributed by atoms with Crippen LogP contribution in [-0.4, -0.2) is 35.9 Å². The molecule has 88 valence electrons. The van der Waals surface area contributed by atoms with Crippen LogP contribution in [0, 0.1) is 5.92 Å². The second-order valence-corrected chi connectivity index (χ2v) is 4.39. The third-order valence-electron chi connectivity index (χ3n) is 2.97. The van der Waals surface area contributed by atoms with Crippen LogP contribution in [0.2, 0.25) is 0 Å². The second kappa shape index (κ2) is 4.70. The van der Waals surface area contributed by atoms with E-state index < -0.39 is 6.09 Å². The van der Waals surface area contributed by atoms with Crippen molar-refractivity contribution >= 4 is 6.09 Å². The van der Waals surface area contributed by atoms with Crippen LogP contribution in [0.4, 0.5) is 4.79 Å². The molecule has 1 atom stereocenters. The van der Waals surface area contributed by atoms with Crippen molar-refractivity contribution in [3.05, 3.63) is 23.4 Å². The Bertz CT molecular complexity index is 346. The number of nitrogens with zero attached hydrogens (tertiary/aromatic N) is 1. The van der Waals surface area contributed by atoms with E-state index in [1.807, 2.05) is 6.08 Å². The van der Waals surface area contributed by atoms with Crippen molar-refractivity contribution in [1.82, 2.24) is 4.90 Å². The zero-order chi connectivity index (χ0) is 11.5. The maximum absolute atomic E-state index is 11.2. The van der Waals surface area contributed by atoms with Gasteiger partial charge in [0, 0.05) is 12.2 Å². The average Bonchev–Trinajstić information content (AvgIpc) is 2.30. The Kier molecular flexibility index (Phi) is 3.29. The van der Waals surface area contributed by atoms with Gasteiger partial charge < -0.3 is 9.84 Å². The van der Waals surface area contributed by atoms with Gasteiger partial charge >= 0.3 is 6.09 Å². The maximum atomic E-state index is 11.2. The lowest BCUT2D eigenvalue weighted by Crippen LogP contribution is -2.37. The Morgan fingerprint density at radius 1 is 1.56 bits per heavy atom. The molecule has 4 nitrogen and oxygen atoms in total. The summed E-state index contributed by atoms with van der Waals surface area (Å²) >= 11 is 0. The summed E-state index contributed by atoms with van der Waals surface area (Å²) in [6.45, 7) is 3.91. The first-order valence-corrected chi connectivity index (χ1v) is 5.66. The lowest BCUT2D eigenvalue weighted by molar-refractivity contribution is 0.136. The Labute approximate surface area is 95.2 Å². The van der Waals surface area contributed by atoms with Crippen molar-refractivity contribution < 1.29 is 14.6 Å². The summed E-state index contributed by atoms with van der Waals surface area (Å²) in [7, 11) is 0. The van der Waals surface area contributed by atoms with Gasteiger partial charge in [0.2, 0.25) is 0 Å². The summed E-state index contributed by atoms with van der Waals surface area (Å²) in [5.74, 6) is 0.393. The molecule has 0 aliphatic carbocycles. The van der Waals surface area contributed by atoms with Crippen LogP contribution in [0.5, 0.6) is 0 Å². The molecule has 0 unspecified atom stereocenters. The van der Waals surface area contributed by atoms with Gasteiger partial charge in [0.15, 0.2) is 0 Å². The summed E-state index contributed by atoms with van der Waals surface area (Å²) in [5, 5.41) is 9.17. The van der Waals surface area contributed by atoms with Crippen LogP contribution >= 0.6 is 0 Å². The maximum Gasteiger partial charge on any atom is 0.411 e. The van der Waals surface area contributed by atoms with Crippen molar-refractivity contribution in [2.45, 2.75) is 19.8 Å². The van der Waals surface area contributed by atoms with Gasteiger partial charge in [-0.1, -0.05) is 19.1 Å². The van der Waals surface area contributed by atoms with E-state index in [1.54, 1.807) is 0 Å². The molecular formula is C12H17NO3. The summed E-state index contributed by atoms with van der Waals surface area (Å²) in [5.41, 5.74) is 1.84. The molecule has 0 saturated carbocycles. The van der Waals surface area contributed by atoms with Gasteiger partial charge in [0.25, 0.3) is 0 Å². The summed E-state index contributed by atoms with van der Waals surface area (Å²) in [6, 6.07) is 0. The second-order valence-electron chi connectivity index (χ2n) is 4.39. The zero-order valence-corrected chi connectivity index (χ0v) is 9.48. The fraction of sp³-hybridized carbons (Fsp3) is 0.583. The SMILES string of the molecule is C[C@H]1CC=C(C2=CCCOC2)N(C(=O)O)C1. The minimum atomic E-state index is -0.871. The third kappa shape index (κ3) is 2.27. The fourth-order valence-corrected chi connectivity index (χ4v) is 2.13. The number of amides is 1. The molecule has 0 radical (unpaired) electrons. The van der Waals surface area contributed by atoms with Crippen molar-refractivity contribution in [1.29, 1.82) is 0 Å². The highest BCUT2D eigenvalue weighted by Gasteiger charge is 2.26. The standard InChI is InChI=1S/C12H17NO3/c1-9-4-5-11(13(7-9)12(14)15)10-3-2-6-16-8-10/h3,5,9H,2,4,6-8H2,1H3,(H,14,15)/t9-/m0/s1. The van der Waals surface area contributed by atoms with Crippen molar-refractivity contribution in [3.8, 4) is 0 Å². The van der Waals surface area contributed by atoms with Gasteiger partial charge in [-0.15, -0.1) is 0 Å². The molecule has 2 aliphatic rings. The first-order chi connectivity index (χ1) is 7.68. The van der Waals surface area contributed by atoms with Gasteiger partial charge in [-0.05, 0) is 24.3 Å². The summed E-state index contributed by atoms with van der Waals surface area (Å²) in [6.07, 6.45) is 5.04. The zero-order valence-electron chi connectivity index (χ0n) is 9.48. The van der Waals surface area contributed by atoms with Crippen LogP contribution in [0.3, 0.4) is 0 Å². The molecule has 0 saturated heterocycles. The molecule has 2 heterocycles. The molecule has 0 aromatic carbocycles. The number of ether oxygens (including phenoxy) is 1. The molecule has 1 N–H and O–H groups in total. The van der Waals surface area contributed by atoms with Gasteiger partial charge in [0.1, 0.15) is 0 Å². The van der Waals surface area contributed by atoms with Gasteiger partial charge in [-0.2, -0.15) is 0 Å². The van der Waals surface area contributed by atoms with Crippen molar-refractivity contribution in [2.24, 2.45) is 5.92 Å². The van der Waals surface area contributed by atoms with Gasteiger partial charge in [0.05, 0.1) is 13.2 Å². The van der Waals surface area contributed by atoms with Gasteiger partial charge in [-0.25, -0.2) is 4.79 Å². The Balaban J connectivity index is 2.22. The minimum absolute atomic E-state index is 0.393. The van der Waals surface area contributed by atoms with Crippen LogP contribution in [0.15, 0.2) is 23.4 Å².